The van der Waals surface area contributed by atoms with E-state index in [0.29, 0.717) is 28.6 Å². The lowest BCUT2D eigenvalue weighted by Gasteiger charge is -2.10. The lowest BCUT2D eigenvalue weighted by atomic mass is 10.2. The minimum atomic E-state index is -0.550. The van der Waals surface area contributed by atoms with Crippen LogP contribution in [0.15, 0.2) is 42.5 Å². The van der Waals surface area contributed by atoms with Crippen LogP contribution in [0.2, 0.25) is 5.02 Å². The molecule has 0 heterocycles. The molecular formula is C21H23ClN2O5. The van der Waals surface area contributed by atoms with Crippen LogP contribution in [0, 0.1) is 6.92 Å². The number of esters is 1. The fraction of sp³-hybridized carbons (Fsp3) is 0.286. The largest absolute Gasteiger partial charge is 0.495 e. The molecular weight excluding hydrogens is 396 g/mol. The van der Waals surface area contributed by atoms with E-state index in [2.05, 4.69) is 10.6 Å². The average molecular weight is 419 g/mol. The summed E-state index contributed by atoms with van der Waals surface area (Å²) in [6.45, 7) is 1.46. The molecule has 7 nitrogen and oxygen atoms in total. The minimum absolute atomic E-state index is 0.0318. The Bertz CT molecular complexity index is 885. The Morgan fingerprint density at radius 3 is 2.48 bits per heavy atom. The number of ether oxygens (including phenoxy) is 2. The summed E-state index contributed by atoms with van der Waals surface area (Å²) < 4.78 is 10.1. The SMILES string of the molecule is COc1ccccc1NC(=O)COC(=O)CCCC(=O)Nc1ccc(C)c(Cl)c1. The lowest BCUT2D eigenvalue weighted by Crippen LogP contribution is -2.21. The maximum absolute atomic E-state index is 11.9. The number of carbonyl (C=O) groups excluding carboxylic acids is 3. The third-order valence-corrected chi connectivity index (χ3v) is 4.39. The van der Waals surface area contributed by atoms with E-state index in [1.165, 1.54) is 7.11 Å². The van der Waals surface area contributed by atoms with Crippen LogP contribution < -0.4 is 15.4 Å². The summed E-state index contributed by atoms with van der Waals surface area (Å²) in [5.74, 6) is -0.747. The number of anilines is 2. The van der Waals surface area contributed by atoms with Crippen molar-refractivity contribution in [1.29, 1.82) is 0 Å². The number of carbonyl (C=O) groups is 3. The third kappa shape index (κ3) is 7.46. The summed E-state index contributed by atoms with van der Waals surface area (Å²) in [4.78, 5) is 35.6. The smallest absolute Gasteiger partial charge is 0.306 e. The van der Waals surface area contributed by atoms with Crippen LogP contribution in [-0.2, 0) is 19.1 Å². The van der Waals surface area contributed by atoms with Crippen LogP contribution in [0.25, 0.3) is 0 Å². The molecule has 0 saturated carbocycles. The second-order valence-electron chi connectivity index (χ2n) is 6.27. The van der Waals surface area contributed by atoms with Crippen LogP contribution >= 0.6 is 11.6 Å². The van der Waals surface area contributed by atoms with Gasteiger partial charge in [0, 0.05) is 23.6 Å². The van der Waals surface area contributed by atoms with Crippen LogP contribution in [0.3, 0.4) is 0 Å². The van der Waals surface area contributed by atoms with E-state index >= 15 is 0 Å². The predicted molar refractivity (Wildman–Crippen MR) is 111 cm³/mol. The number of rotatable bonds is 9. The van der Waals surface area contributed by atoms with Gasteiger partial charge in [-0.15, -0.1) is 0 Å². The third-order valence-electron chi connectivity index (χ3n) is 3.99. The molecule has 0 atom stereocenters. The molecule has 0 aliphatic rings. The van der Waals surface area contributed by atoms with Gasteiger partial charge in [-0.3, -0.25) is 14.4 Å². The zero-order chi connectivity index (χ0) is 21.2. The van der Waals surface area contributed by atoms with Gasteiger partial charge in [0.1, 0.15) is 5.75 Å². The van der Waals surface area contributed by atoms with E-state index in [-0.39, 0.29) is 18.7 Å². The zero-order valence-corrected chi connectivity index (χ0v) is 17.0. The summed E-state index contributed by atoms with van der Waals surface area (Å²) >= 11 is 6.02. The first-order valence-corrected chi connectivity index (χ1v) is 9.41. The Hall–Kier alpha value is -3.06. The highest BCUT2D eigenvalue weighted by atomic mass is 35.5. The van der Waals surface area contributed by atoms with Crippen molar-refractivity contribution in [2.24, 2.45) is 0 Å². The highest BCUT2D eigenvalue weighted by Crippen LogP contribution is 2.23. The summed E-state index contributed by atoms with van der Waals surface area (Å²) in [5, 5.41) is 5.90. The van der Waals surface area contributed by atoms with Crippen LogP contribution in [-0.4, -0.2) is 31.5 Å². The minimum Gasteiger partial charge on any atom is -0.495 e. The number of nitrogens with one attached hydrogen (secondary N) is 2. The van der Waals surface area contributed by atoms with Gasteiger partial charge in [0.2, 0.25) is 5.91 Å². The van der Waals surface area contributed by atoms with Crippen LogP contribution in [0.4, 0.5) is 11.4 Å². The van der Waals surface area contributed by atoms with E-state index in [4.69, 9.17) is 21.1 Å². The molecule has 0 bridgehead atoms. The number of hydrogen-bond acceptors (Lipinski definition) is 5. The fourth-order valence-electron chi connectivity index (χ4n) is 2.44. The van der Waals surface area contributed by atoms with Crippen molar-refractivity contribution in [3.8, 4) is 5.75 Å². The molecule has 0 saturated heterocycles. The highest BCUT2D eigenvalue weighted by molar-refractivity contribution is 6.31. The molecule has 0 spiro atoms. The number of methoxy groups -OCH3 is 1. The first-order valence-electron chi connectivity index (χ1n) is 9.03. The van der Waals surface area contributed by atoms with E-state index < -0.39 is 18.5 Å². The molecule has 0 aliphatic carbocycles. The number of hydrogen-bond donors (Lipinski definition) is 2. The molecule has 0 radical (unpaired) electrons. The molecule has 2 aromatic rings. The fourth-order valence-corrected chi connectivity index (χ4v) is 2.62. The quantitative estimate of drug-likeness (QED) is 0.601. The van der Waals surface area contributed by atoms with Gasteiger partial charge in [-0.1, -0.05) is 29.8 Å². The molecule has 29 heavy (non-hydrogen) atoms. The zero-order valence-electron chi connectivity index (χ0n) is 16.3. The first-order chi connectivity index (χ1) is 13.9. The number of halogens is 1. The Balaban J connectivity index is 1.66. The molecule has 8 heteroatoms. The van der Waals surface area contributed by atoms with Gasteiger partial charge >= 0.3 is 5.97 Å². The number of benzene rings is 2. The molecule has 0 aromatic heterocycles. The molecule has 0 unspecified atom stereocenters. The summed E-state index contributed by atoms with van der Waals surface area (Å²) in [6.07, 6.45) is 0.483. The second kappa shape index (κ2) is 11.1. The molecule has 0 aliphatic heterocycles. The maximum atomic E-state index is 11.9. The van der Waals surface area contributed by atoms with Crippen molar-refractivity contribution in [2.75, 3.05) is 24.4 Å². The van der Waals surface area contributed by atoms with E-state index in [1.807, 2.05) is 13.0 Å². The second-order valence-corrected chi connectivity index (χ2v) is 6.68. The Morgan fingerprint density at radius 2 is 1.76 bits per heavy atom. The van der Waals surface area contributed by atoms with Crippen molar-refractivity contribution < 1.29 is 23.9 Å². The van der Waals surface area contributed by atoms with Crippen molar-refractivity contribution in [3.63, 3.8) is 0 Å². The first kappa shape index (κ1) is 22.2. The van der Waals surface area contributed by atoms with Gasteiger partial charge in [0.05, 0.1) is 12.8 Å². The average Bonchev–Trinajstić information content (AvgIpc) is 2.69. The van der Waals surface area contributed by atoms with Crippen molar-refractivity contribution >= 4 is 40.8 Å². The van der Waals surface area contributed by atoms with E-state index in [9.17, 15) is 14.4 Å². The van der Waals surface area contributed by atoms with E-state index in [1.54, 1.807) is 36.4 Å². The van der Waals surface area contributed by atoms with Gasteiger partial charge in [-0.2, -0.15) is 0 Å². The molecule has 0 fully saturated rings. The molecule has 2 rings (SSSR count). The Kier molecular flexibility index (Phi) is 8.48. The molecule has 2 N–H and O–H groups in total. The van der Waals surface area contributed by atoms with Gasteiger partial charge in [-0.05, 0) is 43.2 Å². The van der Waals surface area contributed by atoms with Crippen molar-refractivity contribution in [3.05, 3.63) is 53.1 Å². The van der Waals surface area contributed by atoms with Crippen molar-refractivity contribution in [1.82, 2.24) is 0 Å². The number of para-hydroxylation sites is 2. The van der Waals surface area contributed by atoms with Gasteiger partial charge in [0.25, 0.3) is 5.91 Å². The maximum Gasteiger partial charge on any atom is 0.306 e. The number of amides is 2. The highest BCUT2D eigenvalue weighted by Gasteiger charge is 2.11. The Morgan fingerprint density at radius 1 is 1.00 bits per heavy atom. The number of aryl methyl sites for hydroxylation is 1. The molecule has 2 amide bonds. The topological polar surface area (TPSA) is 93.7 Å². The van der Waals surface area contributed by atoms with Crippen molar-refractivity contribution in [2.45, 2.75) is 26.2 Å². The molecule has 2 aromatic carbocycles. The summed E-state index contributed by atoms with van der Waals surface area (Å²) in [5.41, 5.74) is 2.01. The predicted octanol–water partition coefficient (Wildman–Crippen LogP) is 3.95. The lowest BCUT2D eigenvalue weighted by molar-refractivity contribution is -0.147. The normalized spacial score (nSPS) is 10.2. The van der Waals surface area contributed by atoms with Gasteiger partial charge < -0.3 is 20.1 Å². The standard InChI is InChI=1S/C21H23ClN2O5/c1-14-10-11-15(12-16(14)22)23-19(25)8-5-9-21(27)29-13-20(26)24-17-6-3-4-7-18(17)28-2/h3-4,6-7,10-12H,5,8-9,13H2,1-2H3,(H,23,25)(H,24,26). The summed E-state index contributed by atoms with van der Waals surface area (Å²) in [6, 6.07) is 12.1. The monoisotopic (exact) mass is 418 g/mol. The Labute approximate surface area is 174 Å². The van der Waals surface area contributed by atoms with Crippen LogP contribution in [0.5, 0.6) is 5.75 Å². The van der Waals surface area contributed by atoms with Gasteiger partial charge in [-0.25, -0.2) is 0 Å². The summed E-state index contributed by atoms with van der Waals surface area (Å²) in [7, 11) is 1.49. The molecule has 154 valence electrons. The van der Waals surface area contributed by atoms with E-state index in [0.717, 1.165) is 5.56 Å². The van der Waals surface area contributed by atoms with Gasteiger partial charge in [0.15, 0.2) is 6.61 Å². The van der Waals surface area contributed by atoms with Crippen LogP contribution in [0.1, 0.15) is 24.8 Å².